The molecule has 1 rings (SSSR count). The molecule has 0 saturated heterocycles. The number of thioether (sulfide) groups is 1. The molecule has 22 heavy (non-hydrogen) atoms. The zero-order chi connectivity index (χ0) is 16.5. The second-order valence-corrected chi connectivity index (χ2v) is 6.23. The van der Waals surface area contributed by atoms with Crippen molar-refractivity contribution in [3.05, 3.63) is 11.8 Å². The van der Waals surface area contributed by atoms with Crippen molar-refractivity contribution in [2.75, 3.05) is 16.8 Å². The number of nitrogens with one attached hydrogen (secondary N) is 2. The number of aromatic nitrogens is 1. The molecule has 2 amide bonds. The molecule has 7 nitrogen and oxygen atoms in total. The van der Waals surface area contributed by atoms with Crippen molar-refractivity contribution < 1.29 is 14.1 Å². The summed E-state index contributed by atoms with van der Waals surface area (Å²) in [5.41, 5.74) is 0. The molecule has 1 atom stereocenters. The minimum atomic E-state index is -0.486. The normalized spacial score (nSPS) is 11.8. The van der Waals surface area contributed by atoms with E-state index in [2.05, 4.69) is 21.9 Å². The van der Waals surface area contributed by atoms with Crippen molar-refractivity contribution in [3.63, 3.8) is 0 Å². The number of aryl methyl sites for hydroxylation is 1. The number of nitrogens with zero attached hydrogens (tertiary/aromatic N) is 2. The molecule has 2 N–H and O–H groups in total. The van der Waals surface area contributed by atoms with Gasteiger partial charge in [0, 0.05) is 6.07 Å². The number of carbonyl (C=O) groups excluding carboxylic acids is 2. The van der Waals surface area contributed by atoms with Crippen LogP contribution in [-0.2, 0) is 9.59 Å². The average Bonchev–Trinajstić information content (AvgIpc) is 2.82. The topological polar surface area (TPSA) is 108 Å². The minimum absolute atomic E-state index is 0.126. The monoisotopic (exact) mass is 324 g/mol. The number of carbonyl (C=O) groups is 2. The van der Waals surface area contributed by atoms with E-state index in [0.717, 1.165) is 0 Å². The number of hydrogen-bond acceptors (Lipinski definition) is 6. The predicted molar refractivity (Wildman–Crippen MR) is 84.2 cm³/mol. The number of nitriles is 1. The molecule has 1 heterocycles. The predicted octanol–water partition coefficient (Wildman–Crippen LogP) is 1.71. The summed E-state index contributed by atoms with van der Waals surface area (Å²) in [4.78, 5) is 23.3. The fourth-order valence-electron chi connectivity index (χ4n) is 1.69. The lowest BCUT2D eigenvalue weighted by molar-refractivity contribution is -0.119. The van der Waals surface area contributed by atoms with Crippen molar-refractivity contribution >= 4 is 29.4 Å². The Morgan fingerprint density at radius 2 is 2.09 bits per heavy atom. The van der Waals surface area contributed by atoms with Crippen molar-refractivity contribution in [1.82, 2.24) is 10.5 Å². The van der Waals surface area contributed by atoms with E-state index in [1.165, 1.54) is 11.8 Å². The molecule has 0 aliphatic carbocycles. The Kier molecular flexibility index (Phi) is 7.46. The Hall–Kier alpha value is -2.01. The third kappa shape index (κ3) is 7.13. The van der Waals surface area contributed by atoms with Gasteiger partial charge in [0.15, 0.2) is 5.82 Å². The third-order valence-electron chi connectivity index (χ3n) is 2.56. The lowest BCUT2D eigenvalue weighted by Gasteiger charge is -2.13. The highest BCUT2D eigenvalue weighted by Gasteiger charge is 2.14. The lowest BCUT2D eigenvalue weighted by atomic mass is 10.1. The number of hydrogen-bond donors (Lipinski definition) is 2. The fourth-order valence-corrected chi connectivity index (χ4v) is 2.32. The average molecular weight is 324 g/mol. The van der Waals surface area contributed by atoms with Gasteiger partial charge in [0.1, 0.15) is 11.8 Å². The first-order valence-electron chi connectivity index (χ1n) is 6.90. The van der Waals surface area contributed by atoms with Gasteiger partial charge in [-0.15, -0.1) is 11.8 Å². The fraction of sp³-hybridized carbons (Fsp3) is 0.571. The SMILES string of the molecule is Cc1cc(NC(=O)CSCC(=O)N[C@@H](C#N)CC(C)C)no1. The Balaban J connectivity index is 2.24. The van der Waals surface area contributed by atoms with Crippen molar-refractivity contribution in [2.45, 2.75) is 33.2 Å². The number of amides is 2. The molecule has 0 saturated carbocycles. The highest BCUT2D eigenvalue weighted by atomic mass is 32.2. The molecule has 0 unspecified atom stereocenters. The van der Waals surface area contributed by atoms with Crippen LogP contribution in [0.5, 0.6) is 0 Å². The lowest BCUT2D eigenvalue weighted by Crippen LogP contribution is -2.36. The van der Waals surface area contributed by atoms with Crippen molar-refractivity contribution in [3.8, 4) is 6.07 Å². The third-order valence-corrected chi connectivity index (χ3v) is 3.49. The first-order valence-corrected chi connectivity index (χ1v) is 8.06. The molecule has 1 aromatic heterocycles. The minimum Gasteiger partial charge on any atom is -0.360 e. The summed E-state index contributed by atoms with van der Waals surface area (Å²) in [5, 5.41) is 17.8. The van der Waals surface area contributed by atoms with Crippen LogP contribution in [0.15, 0.2) is 10.6 Å². The molecule has 0 spiro atoms. The van der Waals surface area contributed by atoms with Crippen LogP contribution >= 0.6 is 11.8 Å². The second-order valence-electron chi connectivity index (χ2n) is 5.24. The number of rotatable bonds is 8. The molecule has 120 valence electrons. The summed E-state index contributed by atoms with van der Waals surface area (Å²) in [5.74, 6) is 1.04. The zero-order valence-electron chi connectivity index (χ0n) is 12.9. The molecular formula is C14H20N4O3S. The van der Waals surface area contributed by atoms with E-state index in [9.17, 15) is 9.59 Å². The Bertz CT molecular complexity index is 551. The van der Waals surface area contributed by atoms with Gasteiger partial charge in [-0.25, -0.2) is 0 Å². The van der Waals surface area contributed by atoms with E-state index < -0.39 is 6.04 Å². The molecule has 0 aliphatic rings. The summed E-state index contributed by atoms with van der Waals surface area (Å²) in [6.07, 6.45) is 0.610. The van der Waals surface area contributed by atoms with E-state index >= 15 is 0 Å². The van der Waals surface area contributed by atoms with E-state index in [1.54, 1.807) is 13.0 Å². The smallest absolute Gasteiger partial charge is 0.235 e. The zero-order valence-corrected chi connectivity index (χ0v) is 13.7. The van der Waals surface area contributed by atoms with Crippen molar-refractivity contribution in [1.29, 1.82) is 5.26 Å². The maximum absolute atomic E-state index is 11.7. The molecule has 0 radical (unpaired) electrons. The summed E-state index contributed by atoms with van der Waals surface area (Å²) < 4.78 is 4.83. The largest absolute Gasteiger partial charge is 0.360 e. The molecule has 0 aromatic carbocycles. The Labute approximate surface area is 133 Å². The van der Waals surface area contributed by atoms with Crippen LogP contribution in [-0.4, -0.2) is 34.5 Å². The molecule has 1 aromatic rings. The molecule has 0 aliphatic heterocycles. The first kappa shape index (κ1) is 18.0. The van der Waals surface area contributed by atoms with E-state index in [0.29, 0.717) is 23.9 Å². The maximum Gasteiger partial charge on any atom is 0.235 e. The standard InChI is InChI=1S/C14H20N4O3S/c1-9(2)4-11(6-15)16-13(19)7-22-8-14(20)17-12-5-10(3)21-18-12/h5,9,11H,4,7-8H2,1-3H3,(H,16,19)(H,17,18,20)/t11-/m1/s1. The highest BCUT2D eigenvalue weighted by molar-refractivity contribution is 8.00. The van der Waals surface area contributed by atoms with Crippen LogP contribution in [0.3, 0.4) is 0 Å². The summed E-state index contributed by atoms with van der Waals surface area (Å²) in [6.45, 7) is 5.70. The van der Waals surface area contributed by atoms with E-state index in [4.69, 9.17) is 9.78 Å². The van der Waals surface area contributed by atoms with E-state index in [1.807, 2.05) is 13.8 Å². The van der Waals surface area contributed by atoms with Crippen LogP contribution in [0, 0.1) is 24.2 Å². The summed E-state index contributed by atoms with van der Waals surface area (Å²) in [7, 11) is 0. The second kappa shape index (κ2) is 9.10. The van der Waals surface area contributed by atoms with E-state index in [-0.39, 0.29) is 23.3 Å². The molecular weight excluding hydrogens is 304 g/mol. The van der Waals surface area contributed by atoms with Gasteiger partial charge in [0.25, 0.3) is 0 Å². The van der Waals surface area contributed by atoms with Gasteiger partial charge < -0.3 is 15.2 Å². The maximum atomic E-state index is 11.7. The summed E-state index contributed by atoms with van der Waals surface area (Å²) in [6, 6.07) is 3.18. The summed E-state index contributed by atoms with van der Waals surface area (Å²) >= 11 is 1.17. The van der Waals surface area contributed by atoms with Crippen LogP contribution in [0.4, 0.5) is 5.82 Å². The van der Waals surface area contributed by atoms with Crippen LogP contribution in [0.25, 0.3) is 0 Å². The van der Waals surface area contributed by atoms with Crippen LogP contribution < -0.4 is 10.6 Å². The van der Waals surface area contributed by atoms with Crippen LogP contribution in [0.2, 0.25) is 0 Å². The van der Waals surface area contributed by atoms with Gasteiger partial charge in [-0.3, -0.25) is 9.59 Å². The van der Waals surface area contributed by atoms with Gasteiger partial charge in [-0.2, -0.15) is 5.26 Å². The number of anilines is 1. The van der Waals surface area contributed by atoms with Crippen molar-refractivity contribution in [2.24, 2.45) is 5.92 Å². The van der Waals surface area contributed by atoms with Gasteiger partial charge in [-0.05, 0) is 19.3 Å². The molecule has 0 fully saturated rings. The highest BCUT2D eigenvalue weighted by Crippen LogP contribution is 2.09. The first-order chi connectivity index (χ1) is 10.4. The Morgan fingerprint density at radius 3 is 2.64 bits per heavy atom. The molecule has 0 bridgehead atoms. The Morgan fingerprint density at radius 1 is 1.41 bits per heavy atom. The van der Waals surface area contributed by atoms with Crippen LogP contribution in [0.1, 0.15) is 26.0 Å². The van der Waals surface area contributed by atoms with Gasteiger partial charge in [0.05, 0.1) is 17.6 Å². The van der Waals surface area contributed by atoms with Gasteiger partial charge in [-0.1, -0.05) is 19.0 Å². The molecule has 8 heteroatoms. The van der Waals surface area contributed by atoms with Gasteiger partial charge in [0.2, 0.25) is 11.8 Å². The quantitative estimate of drug-likeness (QED) is 0.753. The van der Waals surface area contributed by atoms with Gasteiger partial charge >= 0.3 is 0 Å².